The summed E-state index contributed by atoms with van der Waals surface area (Å²) in [5, 5.41) is 13.1. The highest BCUT2D eigenvalue weighted by Gasteiger charge is 2.11. The molecule has 0 unspecified atom stereocenters. The molecule has 6 nitrogen and oxygen atoms in total. The molecule has 0 saturated heterocycles. The number of carbonyl (C=O) groups excluding carboxylic acids is 1. The zero-order chi connectivity index (χ0) is 19.1. The first-order valence-corrected chi connectivity index (χ1v) is 9.63. The number of thioether (sulfide) groups is 1. The Morgan fingerprint density at radius 2 is 1.67 bits per heavy atom. The van der Waals surface area contributed by atoms with Gasteiger partial charge in [0.15, 0.2) is 5.16 Å². The van der Waals surface area contributed by atoms with Gasteiger partial charge >= 0.3 is 0 Å². The van der Waals surface area contributed by atoms with Crippen molar-refractivity contribution in [1.82, 2.24) is 20.2 Å². The van der Waals surface area contributed by atoms with E-state index in [1.165, 1.54) is 11.8 Å². The van der Waals surface area contributed by atoms with E-state index in [-0.39, 0.29) is 17.7 Å². The van der Waals surface area contributed by atoms with E-state index in [4.69, 9.17) is 0 Å². The van der Waals surface area contributed by atoms with Gasteiger partial charge in [-0.05, 0) is 13.8 Å². The zero-order valence-corrected chi connectivity index (χ0v) is 16.1. The topological polar surface area (TPSA) is 72.2 Å². The fourth-order valence-electron chi connectivity index (χ4n) is 2.46. The molecule has 0 aliphatic heterocycles. The van der Waals surface area contributed by atoms with E-state index in [0.717, 1.165) is 22.0 Å². The predicted molar refractivity (Wildman–Crippen MR) is 108 cm³/mol. The SMILES string of the molecule is CC(C)n1cnnc1SCC(=O)NN=C(c1ccccc1)c1ccccc1. The average Bonchev–Trinajstić information content (AvgIpc) is 3.17. The highest BCUT2D eigenvalue weighted by molar-refractivity contribution is 7.99. The molecule has 7 heteroatoms. The molecule has 138 valence electrons. The summed E-state index contributed by atoms with van der Waals surface area (Å²) in [5.74, 6) is 0.0221. The number of aromatic nitrogens is 3. The first kappa shape index (κ1) is 18.8. The second-order valence-electron chi connectivity index (χ2n) is 6.13. The highest BCUT2D eigenvalue weighted by atomic mass is 32.2. The van der Waals surface area contributed by atoms with Crippen molar-refractivity contribution in [3.63, 3.8) is 0 Å². The van der Waals surface area contributed by atoms with E-state index in [9.17, 15) is 4.79 Å². The number of hydrogen-bond donors (Lipinski definition) is 1. The van der Waals surface area contributed by atoms with Crippen LogP contribution in [0.1, 0.15) is 31.0 Å². The summed E-state index contributed by atoms with van der Waals surface area (Å²) in [6, 6.07) is 19.8. The van der Waals surface area contributed by atoms with Gasteiger partial charge < -0.3 is 4.57 Å². The van der Waals surface area contributed by atoms with Crippen LogP contribution in [0, 0.1) is 0 Å². The summed E-state index contributed by atoms with van der Waals surface area (Å²) in [4.78, 5) is 12.3. The van der Waals surface area contributed by atoms with E-state index in [1.807, 2.05) is 79.1 Å². The Kier molecular flexibility index (Phi) is 6.38. The molecule has 0 bridgehead atoms. The first-order valence-electron chi connectivity index (χ1n) is 8.65. The van der Waals surface area contributed by atoms with Gasteiger partial charge in [0.05, 0.1) is 11.5 Å². The normalized spacial score (nSPS) is 10.6. The Bertz CT molecular complexity index is 865. The van der Waals surface area contributed by atoms with Gasteiger partial charge in [-0.25, -0.2) is 5.43 Å². The zero-order valence-electron chi connectivity index (χ0n) is 15.2. The van der Waals surface area contributed by atoms with E-state index >= 15 is 0 Å². The van der Waals surface area contributed by atoms with Crippen LogP contribution in [-0.4, -0.2) is 32.1 Å². The third-order valence-corrected chi connectivity index (χ3v) is 4.77. The summed E-state index contributed by atoms with van der Waals surface area (Å²) in [5.41, 5.74) is 5.27. The van der Waals surface area contributed by atoms with Crippen LogP contribution in [-0.2, 0) is 4.79 Å². The lowest BCUT2D eigenvalue weighted by molar-refractivity contribution is -0.118. The second-order valence-corrected chi connectivity index (χ2v) is 7.07. The van der Waals surface area contributed by atoms with Crippen molar-refractivity contribution in [1.29, 1.82) is 0 Å². The Morgan fingerprint density at radius 1 is 1.07 bits per heavy atom. The minimum atomic E-state index is -0.192. The molecule has 1 amide bonds. The van der Waals surface area contributed by atoms with Crippen LogP contribution in [0.2, 0.25) is 0 Å². The largest absolute Gasteiger partial charge is 0.306 e. The third kappa shape index (κ3) is 5.04. The quantitative estimate of drug-likeness (QED) is 0.387. The number of hydrogen-bond acceptors (Lipinski definition) is 5. The summed E-state index contributed by atoms with van der Waals surface area (Å²) < 4.78 is 1.93. The number of amides is 1. The monoisotopic (exact) mass is 379 g/mol. The first-order chi connectivity index (χ1) is 13.1. The predicted octanol–water partition coefficient (Wildman–Crippen LogP) is 3.52. The molecule has 0 spiro atoms. The van der Waals surface area contributed by atoms with E-state index in [0.29, 0.717) is 0 Å². The Hall–Kier alpha value is -2.93. The molecular weight excluding hydrogens is 358 g/mol. The van der Waals surface area contributed by atoms with Crippen molar-refractivity contribution < 1.29 is 4.79 Å². The van der Waals surface area contributed by atoms with Crippen LogP contribution in [0.3, 0.4) is 0 Å². The molecule has 27 heavy (non-hydrogen) atoms. The van der Waals surface area contributed by atoms with Crippen molar-refractivity contribution in [3.8, 4) is 0 Å². The van der Waals surface area contributed by atoms with Crippen LogP contribution in [0.25, 0.3) is 0 Å². The van der Waals surface area contributed by atoms with Crippen molar-refractivity contribution in [2.75, 3.05) is 5.75 Å². The smallest absolute Gasteiger partial charge is 0.250 e. The summed E-state index contributed by atoms with van der Waals surface area (Å²) in [6.07, 6.45) is 1.67. The molecule has 3 aromatic rings. The molecule has 3 rings (SSSR count). The maximum absolute atomic E-state index is 12.3. The molecule has 0 saturated carbocycles. The van der Waals surface area contributed by atoms with Crippen molar-refractivity contribution in [2.24, 2.45) is 5.10 Å². The molecule has 0 aliphatic rings. The highest BCUT2D eigenvalue weighted by Crippen LogP contribution is 2.18. The molecule has 0 radical (unpaired) electrons. The Labute approximate surface area is 162 Å². The van der Waals surface area contributed by atoms with Crippen LogP contribution in [0.5, 0.6) is 0 Å². The van der Waals surface area contributed by atoms with Gasteiger partial charge in [0.1, 0.15) is 6.33 Å². The number of nitrogens with one attached hydrogen (secondary N) is 1. The Balaban J connectivity index is 1.71. The third-order valence-electron chi connectivity index (χ3n) is 3.82. The van der Waals surface area contributed by atoms with Crippen LogP contribution in [0.4, 0.5) is 0 Å². The van der Waals surface area contributed by atoms with Crippen molar-refractivity contribution in [2.45, 2.75) is 25.0 Å². The van der Waals surface area contributed by atoms with E-state index < -0.39 is 0 Å². The number of hydrazone groups is 1. The summed E-state index contributed by atoms with van der Waals surface area (Å²) >= 11 is 1.34. The molecular formula is C20H21N5OS. The molecule has 0 fully saturated rings. The van der Waals surface area contributed by atoms with Crippen LogP contribution in [0.15, 0.2) is 77.2 Å². The van der Waals surface area contributed by atoms with E-state index in [2.05, 4.69) is 20.7 Å². The van der Waals surface area contributed by atoms with Gasteiger partial charge in [-0.2, -0.15) is 5.10 Å². The van der Waals surface area contributed by atoms with E-state index in [1.54, 1.807) is 6.33 Å². The van der Waals surface area contributed by atoms with Gasteiger partial charge in [0.2, 0.25) is 0 Å². The summed E-state index contributed by atoms with van der Waals surface area (Å²) in [7, 11) is 0. The maximum atomic E-state index is 12.3. The lowest BCUT2D eigenvalue weighted by atomic mass is 10.0. The standard InChI is InChI=1S/C20H21N5OS/c1-15(2)25-14-21-24-20(25)27-13-18(26)22-23-19(16-9-5-3-6-10-16)17-11-7-4-8-12-17/h3-12,14-15H,13H2,1-2H3,(H,22,26). The molecule has 2 aromatic carbocycles. The Morgan fingerprint density at radius 3 is 2.22 bits per heavy atom. The van der Waals surface area contributed by atoms with Gasteiger partial charge in [-0.15, -0.1) is 10.2 Å². The van der Waals surface area contributed by atoms with Gasteiger partial charge in [-0.1, -0.05) is 72.4 Å². The number of benzene rings is 2. The lowest BCUT2D eigenvalue weighted by Gasteiger charge is -2.09. The van der Waals surface area contributed by atoms with Gasteiger partial charge in [-0.3, -0.25) is 4.79 Å². The number of nitrogens with zero attached hydrogens (tertiary/aromatic N) is 4. The van der Waals surface area contributed by atoms with Crippen LogP contribution >= 0.6 is 11.8 Å². The minimum absolute atomic E-state index is 0.192. The minimum Gasteiger partial charge on any atom is -0.306 e. The fraction of sp³-hybridized carbons (Fsp3) is 0.200. The molecule has 0 aliphatic carbocycles. The maximum Gasteiger partial charge on any atom is 0.250 e. The van der Waals surface area contributed by atoms with Crippen molar-refractivity contribution in [3.05, 3.63) is 78.1 Å². The molecule has 0 atom stereocenters. The second kappa shape index (κ2) is 9.14. The number of carbonyl (C=O) groups is 1. The molecule has 1 heterocycles. The molecule has 1 aromatic heterocycles. The lowest BCUT2D eigenvalue weighted by Crippen LogP contribution is -2.22. The molecule has 1 N–H and O–H groups in total. The summed E-state index contributed by atoms with van der Waals surface area (Å²) in [6.45, 7) is 4.09. The van der Waals surface area contributed by atoms with Crippen LogP contribution < -0.4 is 5.43 Å². The van der Waals surface area contributed by atoms with Gasteiger partial charge in [0.25, 0.3) is 5.91 Å². The number of rotatable bonds is 7. The average molecular weight is 379 g/mol. The van der Waals surface area contributed by atoms with Crippen molar-refractivity contribution >= 4 is 23.4 Å². The van der Waals surface area contributed by atoms with Gasteiger partial charge in [0, 0.05) is 17.2 Å². The fourth-order valence-corrected chi connectivity index (χ4v) is 3.29.